The fourth-order valence-electron chi connectivity index (χ4n) is 3.48. The van der Waals surface area contributed by atoms with Gasteiger partial charge in [-0.15, -0.1) is 4.91 Å². The number of hydrogen-bond acceptors (Lipinski definition) is 8. The number of rotatable bonds is 5. The second kappa shape index (κ2) is 17.6. The van der Waals surface area contributed by atoms with Crippen molar-refractivity contribution in [3.8, 4) is 23.0 Å². The first kappa shape index (κ1) is 36.0. The Kier molecular flexibility index (Phi) is 16.2. The van der Waals surface area contributed by atoms with Crippen LogP contribution in [-0.2, 0) is 6.42 Å². The molecule has 0 radical (unpaired) electrons. The lowest BCUT2D eigenvalue weighted by atomic mass is 9.88. The number of phenolic OH excluding ortho intramolecular Hbond substituents is 2. The minimum absolute atomic E-state index is 0.0556. The molecule has 1 aliphatic rings. The zero-order valence-electron chi connectivity index (χ0n) is 25.6. The molecule has 3 rings (SSSR count). The summed E-state index contributed by atoms with van der Waals surface area (Å²) in [5.41, 5.74) is 6.15. The molecule has 7 nitrogen and oxygen atoms in total. The van der Waals surface area contributed by atoms with Gasteiger partial charge in [0.2, 0.25) is 0 Å². The Labute approximate surface area is 239 Å². The molecular formula is C31H48N2O5S. The van der Waals surface area contributed by atoms with Crippen LogP contribution >= 0.6 is 11.9 Å². The summed E-state index contributed by atoms with van der Waals surface area (Å²) >= 11 is 0.767. The molecule has 0 saturated heterocycles. The highest BCUT2D eigenvalue weighted by molar-refractivity contribution is 8.01. The van der Waals surface area contributed by atoms with E-state index in [1.807, 2.05) is 48.5 Å². The maximum absolute atomic E-state index is 10.3. The maximum atomic E-state index is 10.3. The van der Waals surface area contributed by atoms with Crippen LogP contribution in [0.25, 0.3) is 6.08 Å². The molecule has 4 N–H and O–H groups in total. The van der Waals surface area contributed by atoms with E-state index in [0.29, 0.717) is 23.7 Å². The first-order valence-corrected chi connectivity index (χ1v) is 14.2. The third-order valence-corrected chi connectivity index (χ3v) is 6.49. The summed E-state index contributed by atoms with van der Waals surface area (Å²) in [6.45, 7) is 22.6. The van der Waals surface area contributed by atoms with E-state index in [1.54, 1.807) is 12.1 Å². The van der Waals surface area contributed by atoms with Crippen molar-refractivity contribution >= 4 is 18.0 Å². The SMILES string of the molecule is CC.CC=C(C)C.CCOc1cc(/C=C(/N=O)SN)ccc1O.Cc1c(C)c2c(c(C)c1O)CCC(C)(C)O2. The molecule has 0 unspecified atom stereocenters. The van der Waals surface area contributed by atoms with Crippen molar-refractivity contribution in [2.75, 3.05) is 6.61 Å². The minimum Gasteiger partial charge on any atom is -0.507 e. The van der Waals surface area contributed by atoms with E-state index in [2.05, 4.69) is 38.9 Å². The monoisotopic (exact) mass is 560 g/mol. The normalized spacial score (nSPS) is 13.0. The van der Waals surface area contributed by atoms with Gasteiger partial charge in [-0.3, -0.25) is 5.14 Å². The zero-order chi connectivity index (χ0) is 30.3. The van der Waals surface area contributed by atoms with E-state index < -0.39 is 0 Å². The molecule has 0 spiro atoms. The number of fused-ring (bicyclic) bond motifs is 1. The first-order chi connectivity index (χ1) is 18.3. The molecule has 0 aromatic heterocycles. The van der Waals surface area contributed by atoms with Crippen molar-refractivity contribution in [1.82, 2.24) is 0 Å². The maximum Gasteiger partial charge on any atom is 0.161 e. The van der Waals surface area contributed by atoms with Gasteiger partial charge in [-0.1, -0.05) is 31.6 Å². The predicted octanol–water partition coefficient (Wildman–Crippen LogP) is 8.88. The Bertz CT molecular complexity index is 1140. The molecule has 0 fully saturated rings. The second-order valence-corrected chi connectivity index (χ2v) is 10.3. The van der Waals surface area contributed by atoms with E-state index in [1.165, 1.54) is 23.3 Å². The molecule has 0 aliphatic carbocycles. The number of nitrogens with zero attached hydrogens (tertiary/aromatic N) is 1. The van der Waals surface area contributed by atoms with Crippen LogP contribution in [0, 0.1) is 25.7 Å². The third kappa shape index (κ3) is 11.3. The second-order valence-electron chi connectivity index (χ2n) is 9.61. The smallest absolute Gasteiger partial charge is 0.161 e. The number of aromatic hydroxyl groups is 2. The van der Waals surface area contributed by atoms with E-state index in [0.717, 1.165) is 47.2 Å². The molecule has 39 heavy (non-hydrogen) atoms. The van der Waals surface area contributed by atoms with Crippen molar-refractivity contribution in [3.05, 3.63) is 67.6 Å². The Morgan fingerprint density at radius 2 is 1.74 bits per heavy atom. The molecule has 0 amide bonds. The molecule has 0 atom stereocenters. The van der Waals surface area contributed by atoms with Crippen LogP contribution in [0.1, 0.15) is 89.6 Å². The first-order valence-electron chi connectivity index (χ1n) is 13.3. The third-order valence-electron chi connectivity index (χ3n) is 6.06. The van der Waals surface area contributed by atoms with Crippen LogP contribution < -0.4 is 14.6 Å². The van der Waals surface area contributed by atoms with Gasteiger partial charge in [0.15, 0.2) is 16.5 Å². The summed E-state index contributed by atoms with van der Waals surface area (Å²) in [5, 5.41) is 27.6. The summed E-state index contributed by atoms with van der Waals surface area (Å²) in [7, 11) is 0. The molecule has 0 saturated carbocycles. The number of allylic oxidation sites excluding steroid dienone is 2. The van der Waals surface area contributed by atoms with Crippen molar-refractivity contribution < 1.29 is 19.7 Å². The highest BCUT2D eigenvalue weighted by Crippen LogP contribution is 2.43. The summed E-state index contributed by atoms with van der Waals surface area (Å²) in [6, 6.07) is 4.74. The highest BCUT2D eigenvalue weighted by Gasteiger charge is 2.30. The minimum atomic E-state index is -0.0897. The van der Waals surface area contributed by atoms with E-state index in [9.17, 15) is 15.1 Å². The average Bonchev–Trinajstić information content (AvgIpc) is 2.92. The van der Waals surface area contributed by atoms with Crippen LogP contribution in [-0.4, -0.2) is 22.4 Å². The lowest BCUT2D eigenvalue weighted by Crippen LogP contribution is -2.33. The van der Waals surface area contributed by atoms with Gasteiger partial charge in [-0.05, 0) is 133 Å². The van der Waals surface area contributed by atoms with Gasteiger partial charge in [0.1, 0.15) is 17.1 Å². The number of nitroso groups, excluding NO2 is 1. The van der Waals surface area contributed by atoms with Crippen LogP contribution in [0.2, 0.25) is 0 Å². The summed E-state index contributed by atoms with van der Waals surface area (Å²) in [4.78, 5) is 10.3. The largest absolute Gasteiger partial charge is 0.507 e. The Morgan fingerprint density at radius 1 is 1.15 bits per heavy atom. The number of phenols is 2. The van der Waals surface area contributed by atoms with Gasteiger partial charge in [0.05, 0.1) is 6.61 Å². The molecule has 8 heteroatoms. The van der Waals surface area contributed by atoms with Gasteiger partial charge < -0.3 is 19.7 Å². The van der Waals surface area contributed by atoms with Crippen molar-refractivity contribution in [2.45, 2.75) is 94.6 Å². The van der Waals surface area contributed by atoms with Gasteiger partial charge in [-0.25, -0.2) is 0 Å². The lowest BCUT2D eigenvalue weighted by Gasteiger charge is -2.35. The van der Waals surface area contributed by atoms with Crippen LogP contribution in [0.15, 0.2) is 40.1 Å². The molecule has 218 valence electrons. The zero-order valence-corrected chi connectivity index (χ0v) is 26.4. The number of hydrogen-bond donors (Lipinski definition) is 3. The number of nitrogens with two attached hydrogens (primary N) is 1. The van der Waals surface area contributed by atoms with E-state index >= 15 is 0 Å². The lowest BCUT2D eigenvalue weighted by molar-refractivity contribution is 0.0831. The van der Waals surface area contributed by atoms with Gasteiger partial charge in [-0.2, -0.15) is 0 Å². The molecule has 2 aromatic carbocycles. The summed E-state index contributed by atoms with van der Waals surface area (Å²) < 4.78 is 11.3. The van der Waals surface area contributed by atoms with Crippen molar-refractivity contribution in [2.24, 2.45) is 10.3 Å². The fourth-order valence-corrected chi connectivity index (χ4v) is 3.72. The quantitative estimate of drug-likeness (QED) is 0.190. The van der Waals surface area contributed by atoms with Gasteiger partial charge in [0.25, 0.3) is 0 Å². The van der Waals surface area contributed by atoms with Crippen LogP contribution in [0.4, 0.5) is 0 Å². The summed E-state index contributed by atoms with van der Waals surface area (Å²) in [6.07, 6.45) is 5.59. The Hall–Kier alpha value is -2.97. The number of ether oxygens (including phenoxy) is 2. The van der Waals surface area contributed by atoms with Crippen molar-refractivity contribution in [3.63, 3.8) is 0 Å². The van der Waals surface area contributed by atoms with Crippen molar-refractivity contribution in [1.29, 1.82) is 0 Å². The average molecular weight is 561 g/mol. The van der Waals surface area contributed by atoms with Crippen LogP contribution in [0.5, 0.6) is 23.0 Å². The Morgan fingerprint density at radius 3 is 2.23 bits per heavy atom. The van der Waals surface area contributed by atoms with Crippen LogP contribution in [0.3, 0.4) is 0 Å². The topological polar surface area (TPSA) is 114 Å². The van der Waals surface area contributed by atoms with E-state index in [-0.39, 0.29) is 16.4 Å². The van der Waals surface area contributed by atoms with Gasteiger partial charge >= 0.3 is 0 Å². The number of benzene rings is 2. The Balaban J connectivity index is 0.000000600. The molecule has 1 heterocycles. The fraction of sp³-hybridized carbons (Fsp3) is 0.484. The van der Waals surface area contributed by atoms with Gasteiger partial charge in [0, 0.05) is 5.56 Å². The molecular weight excluding hydrogens is 512 g/mol. The predicted molar refractivity (Wildman–Crippen MR) is 167 cm³/mol. The summed E-state index contributed by atoms with van der Waals surface area (Å²) in [5.74, 6) is 1.84. The molecule has 2 aromatic rings. The van der Waals surface area contributed by atoms with E-state index in [4.69, 9.17) is 14.6 Å². The standard InChI is InChI=1S/C14H20O2.C10H12N2O3S.C5H10.C2H6/c1-8-9(2)13-11(10(3)12(8)15)6-7-14(4,5)16-13;1-2-15-9-5-7(3-4-8(9)13)6-10(12-14)16-11;1-4-5(2)3;1-2/h15H,6-7H2,1-5H3;3-6,13H,2,11H2,1H3;4H,1-3H3;1-2H3/b;10-6-;;. The molecule has 0 bridgehead atoms. The highest BCUT2D eigenvalue weighted by atomic mass is 32.2. The molecule has 1 aliphatic heterocycles.